The Kier molecular flexibility index (Phi) is 3.56. The first kappa shape index (κ1) is 13.8. The first-order valence-electron chi connectivity index (χ1n) is 6.05. The summed E-state index contributed by atoms with van der Waals surface area (Å²) in [6.45, 7) is 3.56. The average molecular weight is 273 g/mol. The minimum Gasteiger partial charge on any atom is -0.480 e. The van der Waals surface area contributed by atoms with Crippen molar-refractivity contribution in [2.45, 2.75) is 20.4 Å². The number of rotatable bonds is 4. The molecule has 0 aliphatic heterocycles. The van der Waals surface area contributed by atoms with Crippen molar-refractivity contribution in [3.8, 4) is 11.3 Å². The molecule has 0 aliphatic carbocycles. The Bertz CT molecular complexity index is 689. The Morgan fingerprint density at radius 1 is 1.40 bits per heavy atom. The Labute approximate surface area is 115 Å². The number of aldehydes is 1. The van der Waals surface area contributed by atoms with Crippen molar-refractivity contribution in [1.82, 2.24) is 9.78 Å². The van der Waals surface area contributed by atoms with E-state index in [0.717, 1.165) is 21.4 Å². The van der Waals surface area contributed by atoms with E-state index in [4.69, 9.17) is 10.8 Å². The number of aromatic nitrogens is 2. The van der Waals surface area contributed by atoms with Crippen LogP contribution < -0.4 is 5.73 Å². The van der Waals surface area contributed by atoms with Crippen molar-refractivity contribution in [2.75, 3.05) is 5.73 Å². The van der Waals surface area contributed by atoms with Gasteiger partial charge in [0, 0.05) is 5.56 Å². The van der Waals surface area contributed by atoms with Gasteiger partial charge in [-0.05, 0) is 31.0 Å². The highest BCUT2D eigenvalue weighted by Gasteiger charge is 2.18. The van der Waals surface area contributed by atoms with E-state index < -0.39 is 5.97 Å². The molecule has 0 unspecified atom stereocenters. The molecule has 0 atom stereocenters. The molecular weight excluding hydrogens is 258 g/mol. The number of carboxylic acid groups (broad SMARTS) is 1. The molecule has 0 radical (unpaired) electrons. The summed E-state index contributed by atoms with van der Waals surface area (Å²) >= 11 is 0. The number of benzene rings is 1. The number of aliphatic carboxylic acids is 1. The molecule has 0 saturated heterocycles. The standard InChI is InChI=1S/C14H15N3O3/c1-8-3-4-10(5-9(8)2)13-11(7-18)14(15)17(16-13)6-12(19)20/h3-5,7H,6,15H2,1-2H3,(H,19,20). The van der Waals surface area contributed by atoms with E-state index in [9.17, 15) is 9.59 Å². The molecule has 0 bridgehead atoms. The Balaban J connectivity index is 2.58. The third-order valence-corrected chi connectivity index (χ3v) is 3.21. The quantitative estimate of drug-likeness (QED) is 0.825. The molecule has 2 rings (SSSR count). The Morgan fingerprint density at radius 2 is 2.10 bits per heavy atom. The van der Waals surface area contributed by atoms with Gasteiger partial charge in [-0.15, -0.1) is 0 Å². The lowest BCUT2D eigenvalue weighted by atomic mass is 10.0. The van der Waals surface area contributed by atoms with Crippen LogP contribution in [0.15, 0.2) is 18.2 Å². The van der Waals surface area contributed by atoms with Gasteiger partial charge in [-0.2, -0.15) is 5.10 Å². The lowest BCUT2D eigenvalue weighted by Crippen LogP contribution is -2.12. The van der Waals surface area contributed by atoms with E-state index in [0.29, 0.717) is 12.0 Å². The summed E-state index contributed by atoms with van der Waals surface area (Å²) in [4.78, 5) is 22.0. The van der Waals surface area contributed by atoms with Gasteiger partial charge in [-0.3, -0.25) is 9.59 Å². The van der Waals surface area contributed by atoms with E-state index in [-0.39, 0.29) is 17.9 Å². The number of hydrogen-bond acceptors (Lipinski definition) is 4. The van der Waals surface area contributed by atoms with Gasteiger partial charge in [0.2, 0.25) is 0 Å². The first-order chi connectivity index (χ1) is 9.43. The van der Waals surface area contributed by atoms with E-state index in [1.165, 1.54) is 0 Å². The van der Waals surface area contributed by atoms with Gasteiger partial charge in [-0.1, -0.05) is 12.1 Å². The summed E-state index contributed by atoms with van der Waals surface area (Å²) in [7, 11) is 0. The molecule has 2 aromatic rings. The smallest absolute Gasteiger partial charge is 0.325 e. The number of aryl methyl sites for hydroxylation is 2. The highest BCUT2D eigenvalue weighted by Crippen LogP contribution is 2.27. The molecule has 104 valence electrons. The largest absolute Gasteiger partial charge is 0.480 e. The average Bonchev–Trinajstić information content (AvgIpc) is 2.69. The van der Waals surface area contributed by atoms with E-state index in [1.807, 2.05) is 32.0 Å². The van der Waals surface area contributed by atoms with Crippen molar-refractivity contribution < 1.29 is 14.7 Å². The number of carbonyl (C=O) groups is 2. The minimum absolute atomic E-state index is 0.0654. The predicted molar refractivity (Wildman–Crippen MR) is 74.6 cm³/mol. The van der Waals surface area contributed by atoms with Crippen LogP contribution in [0, 0.1) is 13.8 Å². The highest BCUT2D eigenvalue weighted by atomic mass is 16.4. The van der Waals surface area contributed by atoms with Crippen LogP contribution in [0.4, 0.5) is 5.82 Å². The molecule has 1 aromatic heterocycles. The SMILES string of the molecule is Cc1ccc(-c2nn(CC(=O)O)c(N)c2C=O)cc1C. The number of carbonyl (C=O) groups excluding carboxylic acids is 1. The molecule has 0 aliphatic rings. The normalized spacial score (nSPS) is 10.5. The van der Waals surface area contributed by atoms with Crippen LogP contribution in [0.5, 0.6) is 0 Å². The number of nitrogen functional groups attached to an aromatic ring is 1. The van der Waals surface area contributed by atoms with Crippen LogP contribution in [-0.4, -0.2) is 27.1 Å². The second kappa shape index (κ2) is 5.16. The number of hydrogen-bond donors (Lipinski definition) is 2. The fourth-order valence-corrected chi connectivity index (χ4v) is 1.96. The van der Waals surface area contributed by atoms with Crippen LogP contribution in [0.25, 0.3) is 11.3 Å². The van der Waals surface area contributed by atoms with E-state index >= 15 is 0 Å². The minimum atomic E-state index is -1.07. The van der Waals surface area contributed by atoms with Crippen LogP contribution in [-0.2, 0) is 11.3 Å². The molecule has 0 amide bonds. The number of nitrogens with two attached hydrogens (primary N) is 1. The molecule has 6 heteroatoms. The number of nitrogens with zero attached hydrogens (tertiary/aromatic N) is 2. The molecule has 20 heavy (non-hydrogen) atoms. The molecular formula is C14H15N3O3. The van der Waals surface area contributed by atoms with Crippen molar-refractivity contribution in [3.63, 3.8) is 0 Å². The topological polar surface area (TPSA) is 98.2 Å². The van der Waals surface area contributed by atoms with Crippen LogP contribution in [0.2, 0.25) is 0 Å². The first-order valence-corrected chi connectivity index (χ1v) is 6.05. The fourth-order valence-electron chi connectivity index (χ4n) is 1.96. The van der Waals surface area contributed by atoms with Crippen molar-refractivity contribution in [2.24, 2.45) is 0 Å². The predicted octanol–water partition coefficient (Wildman–Crippen LogP) is 1.65. The third-order valence-electron chi connectivity index (χ3n) is 3.21. The monoisotopic (exact) mass is 273 g/mol. The van der Waals surface area contributed by atoms with Gasteiger partial charge in [-0.25, -0.2) is 4.68 Å². The molecule has 6 nitrogen and oxygen atoms in total. The van der Waals surface area contributed by atoms with Gasteiger partial charge in [0.25, 0.3) is 0 Å². The van der Waals surface area contributed by atoms with E-state index in [2.05, 4.69) is 5.10 Å². The second-order valence-electron chi connectivity index (χ2n) is 4.62. The van der Waals surface area contributed by atoms with Crippen LogP contribution >= 0.6 is 0 Å². The fraction of sp³-hybridized carbons (Fsp3) is 0.214. The number of carboxylic acids is 1. The van der Waals surface area contributed by atoms with Crippen molar-refractivity contribution in [3.05, 3.63) is 34.9 Å². The molecule has 0 fully saturated rings. The zero-order chi connectivity index (χ0) is 14.9. The molecule has 0 spiro atoms. The maximum atomic E-state index is 11.2. The summed E-state index contributed by atoms with van der Waals surface area (Å²) < 4.78 is 1.12. The van der Waals surface area contributed by atoms with Crippen LogP contribution in [0.3, 0.4) is 0 Å². The molecule has 0 saturated carbocycles. The molecule has 3 N–H and O–H groups in total. The second-order valence-corrected chi connectivity index (χ2v) is 4.62. The summed E-state index contributed by atoms with van der Waals surface area (Å²) in [5.74, 6) is -1.00. The van der Waals surface area contributed by atoms with Crippen molar-refractivity contribution >= 4 is 18.1 Å². The van der Waals surface area contributed by atoms with Gasteiger partial charge in [0.15, 0.2) is 6.29 Å². The van der Waals surface area contributed by atoms with Gasteiger partial charge >= 0.3 is 5.97 Å². The van der Waals surface area contributed by atoms with Gasteiger partial charge in [0.1, 0.15) is 18.1 Å². The summed E-state index contributed by atoms with van der Waals surface area (Å²) in [5.41, 5.74) is 9.32. The molecule has 1 heterocycles. The van der Waals surface area contributed by atoms with Crippen molar-refractivity contribution in [1.29, 1.82) is 0 Å². The highest BCUT2D eigenvalue weighted by molar-refractivity contribution is 5.92. The number of anilines is 1. The maximum absolute atomic E-state index is 11.2. The Hall–Kier alpha value is -2.63. The Morgan fingerprint density at radius 3 is 2.65 bits per heavy atom. The zero-order valence-corrected chi connectivity index (χ0v) is 11.3. The lowest BCUT2D eigenvalue weighted by molar-refractivity contribution is -0.137. The van der Waals surface area contributed by atoms with Gasteiger partial charge < -0.3 is 10.8 Å². The summed E-state index contributed by atoms with van der Waals surface area (Å²) in [6, 6.07) is 5.66. The lowest BCUT2D eigenvalue weighted by Gasteiger charge is -2.03. The molecule has 1 aromatic carbocycles. The zero-order valence-electron chi connectivity index (χ0n) is 11.3. The maximum Gasteiger partial charge on any atom is 0.325 e. The van der Waals surface area contributed by atoms with Crippen LogP contribution in [0.1, 0.15) is 21.5 Å². The summed E-state index contributed by atoms with van der Waals surface area (Å²) in [5, 5.41) is 13.0. The van der Waals surface area contributed by atoms with Gasteiger partial charge in [0.05, 0.1) is 5.56 Å². The third kappa shape index (κ3) is 2.40. The van der Waals surface area contributed by atoms with E-state index in [1.54, 1.807) is 0 Å². The summed E-state index contributed by atoms with van der Waals surface area (Å²) in [6.07, 6.45) is 0.602.